The van der Waals surface area contributed by atoms with E-state index in [0.29, 0.717) is 12.1 Å². The third kappa shape index (κ3) is 3.08. The average molecular weight is 329 g/mol. The van der Waals surface area contributed by atoms with Crippen LogP contribution in [0.25, 0.3) is 0 Å². The summed E-state index contributed by atoms with van der Waals surface area (Å²) in [5.74, 6) is -0.792. The number of amides is 1. The number of nitrogens with two attached hydrogens (primary N) is 1. The van der Waals surface area contributed by atoms with Crippen LogP contribution < -0.4 is 11.1 Å². The molecule has 0 spiro atoms. The van der Waals surface area contributed by atoms with Crippen molar-refractivity contribution in [3.8, 4) is 0 Å². The van der Waals surface area contributed by atoms with Crippen LogP contribution in [0.5, 0.6) is 0 Å². The fourth-order valence-corrected chi connectivity index (χ4v) is 2.79. The molecule has 0 aliphatic carbocycles. The zero-order valence-corrected chi connectivity index (χ0v) is 11.6. The molecule has 0 saturated heterocycles. The maximum atomic E-state index is 13.0. The minimum atomic E-state index is -0.520. The van der Waals surface area contributed by atoms with E-state index < -0.39 is 5.82 Å². The maximum Gasteiger partial charge on any atom is 0.251 e. The van der Waals surface area contributed by atoms with Crippen molar-refractivity contribution in [2.45, 2.75) is 6.54 Å². The van der Waals surface area contributed by atoms with Gasteiger partial charge in [0.15, 0.2) is 0 Å². The monoisotopic (exact) mass is 328 g/mol. The van der Waals surface area contributed by atoms with Crippen molar-refractivity contribution in [3.63, 3.8) is 0 Å². The van der Waals surface area contributed by atoms with E-state index in [4.69, 9.17) is 5.73 Å². The third-order valence-corrected chi connectivity index (χ3v) is 4.00. The second kappa shape index (κ2) is 5.49. The Morgan fingerprint density at radius 2 is 2.22 bits per heavy atom. The second-order valence-electron chi connectivity index (χ2n) is 3.65. The normalized spacial score (nSPS) is 10.3. The number of carbonyl (C=O) groups is 1. The number of anilines is 1. The zero-order valence-electron chi connectivity index (χ0n) is 9.24. The molecule has 0 saturated carbocycles. The molecule has 6 heteroatoms. The maximum absolute atomic E-state index is 13.0. The van der Waals surface area contributed by atoms with Crippen molar-refractivity contribution in [2.24, 2.45) is 0 Å². The highest BCUT2D eigenvalue weighted by molar-refractivity contribution is 9.10. The van der Waals surface area contributed by atoms with Gasteiger partial charge in [0.2, 0.25) is 0 Å². The van der Waals surface area contributed by atoms with E-state index in [-0.39, 0.29) is 11.6 Å². The predicted molar refractivity (Wildman–Crippen MR) is 74.0 cm³/mol. The van der Waals surface area contributed by atoms with Gasteiger partial charge in [-0.2, -0.15) is 0 Å². The molecular formula is C12H10BrFN2OS. The minimum absolute atomic E-state index is 0.0264. The van der Waals surface area contributed by atoms with Gasteiger partial charge in [-0.15, -0.1) is 11.3 Å². The summed E-state index contributed by atoms with van der Waals surface area (Å²) in [6.45, 7) is 0.437. The van der Waals surface area contributed by atoms with Crippen molar-refractivity contribution < 1.29 is 9.18 Å². The first-order valence-electron chi connectivity index (χ1n) is 5.12. The minimum Gasteiger partial charge on any atom is -0.396 e. The van der Waals surface area contributed by atoms with E-state index >= 15 is 0 Å². The van der Waals surface area contributed by atoms with Crippen LogP contribution in [0.15, 0.2) is 34.1 Å². The highest BCUT2D eigenvalue weighted by Gasteiger charge is 2.08. The van der Waals surface area contributed by atoms with Gasteiger partial charge < -0.3 is 11.1 Å². The van der Waals surface area contributed by atoms with Crippen molar-refractivity contribution in [2.75, 3.05) is 5.73 Å². The predicted octanol–water partition coefficient (Wildman–Crippen LogP) is 3.16. The zero-order chi connectivity index (χ0) is 13.1. The SMILES string of the molecule is Nc1cc(C(=O)NCc2cc(Br)cs2)ccc1F. The van der Waals surface area contributed by atoms with Crippen molar-refractivity contribution in [1.82, 2.24) is 5.32 Å². The summed E-state index contributed by atoms with van der Waals surface area (Å²) in [4.78, 5) is 12.8. The average Bonchev–Trinajstić information content (AvgIpc) is 2.75. The molecule has 3 N–H and O–H groups in total. The van der Waals surface area contributed by atoms with Gasteiger partial charge in [0.05, 0.1) is 12.2 Å². The van der Waals surface area contributed by atoms with E-state index in [1.165, 1.54) is 18.2 Å². The summed E-state index contributed by atoms with van der Waals surface area (Å²) in [5.41, 5.74) is 5.73. The van der Waals surface area contributed by atoms with Gasteiger partial charge in [-0.05, 0) is 40.2 Å². The molecule has 1 amide bonds. The van der Waals surface area contributed by atoms with Gasteiger partial charge in [0, 0.05) is 20.3 Å². The molecule has 1 heterocycles. The van der Waals surface area contributed by atoms with Crippen molar-refractivity contribution in [3.05, 3.63) is 50.4 Å². The lowest BCUT2D eigenvalue weighted by Gasteiger charge is -2.05. The highest BCUT2D eigenvalue weighted by atomic mass is 79.9. The number of hydrogen-bond acceptors (Lipinski definition) is 3. The van der Waals surface area contributed by atoms with Crippen molar-refractivity contribution in [1.29, 1.82) is 0 Å². The Labute approximate surface area is 116 Å². The number of halogens is 2. The number of rotatable bonds is 3. The topological polar surface area (TPSA) is 55.1 Å². The van der Waals surface area contributed by atoms with Gasteiger partial charge in [-0.1, -0.05) is 0 Å². The molecule has 0 aliphatic rings. The highest BCUT2D eigenvalue weighted by Crippen LogP contribution is 2.19. The van der Waals surface area contributed by atoms with Gasteiger partial charge in [0.1, 0.15) is 5.82 Å². The van der Waals surface area contributed by atoms with Crippen LogP contribution >= 0.6 is 27.3 Å². The summed E-state index contributed by atoms with van der Waals surface area (Å²) in [5, 5.41) is 4.69. The lowest BCUT2D eigenvalue weighted by Crippen LogP contribution is -2.22. The summed E-state index contributed by atoms with van der Waals surface area (Å²) in [6.07, 6.45) is 0. The lowest BCUT2D eigenvalue weighted by atomic mass is 10.2. The molecule has 94 valence electrons. The van der Waals surface area contributed by atoms with Gasteiger partial charge in [-0.25, -0.2) is 4.39 Å². The number of nitrogens with one attached hydrogen (secondary N) is 1. The first kappa shape index (κ1) is 13.0. The molecule has 0 unspecified atom stereocenters. The number of carbonyl (C=O) groups excluding carboxylic acids is 1. The molecule has 2 rings (SSSR count). The molecule has 0 atom stereocenters. The standard InChI is InChI=1S/C12H10BrFN2OS/c13-8-4-9(18-6-8)5-16-12(17)7-1-2-10(14)11(15)3-7/h1-4,6H,5,15H2,(H,16,17). The Morgan fingerprint density at radius 3 is 2.83 bits per heavy atom. The van der Waals surface area contributed by atoms with E-state index in [0.717, 1.165) is 9.35 Å². The Morgan fingerprint density at radius 1 is 1.44 bits per heavy atom. The number of benzene rings is 1. The van der Waals surface area contributed by atoms with Crippen LogP contribution in [-0.2, 0) is 6.54 Å². The van der Waals surface area contributed by atoms with Crippen molar-refractivity contribution >= 4 is 38.9 Å². The van der Waals surface area contributed by atoms with E-state index in [1.54, 1.807) is 11.3 Å². The van der Waals surface area contributed by atoms with Crippen LogP contribution in [0.1, 0.15) is 15.2 Å². The fraction of sp³-hybridized carbons (Fsp3) is 0.0833. The van der Waals surface area contributed by atoms with Gasteiger partial charge in [0.25, 0.3) is 5.91 Å². The van der Waals surface area contributed by atoms with E-state index in [2.05, 4.69) is 21.2 Å². The van der Waals surface area contributed by atoms with E-state index in [9.17, 15) is 9.18 Å². The molecule has 1 aromatic carbocycles. The molecule has 0 bridgehead atoms. The summed E-state index contributed by atoms with van der Waals surface area (Å²) in [6, 6.07) is 5.86. The van der Waals surface area contributed by atoms with Gasteiger partial charge >= 0.3 is 0 Å². The van der Waals surface area contributed by atoms with E-state index in [1.807, 2.05) is 11.4 Å². The molecule has 0 fully saturated rings. The Balaban J connectivity index is 2.01. The van der Waals surface area contributed by atoms with Crippen LogP contribution in [0, 0.1) is 5.82 Å². The summed E-state index contributed by atoms with van der Waals surface area (Å²) in [7, 11) is 0. The fourth-order valence-electron chi connectivity index (χ4n) is 1.40. The first-order chi connectivity index (χ1) is 8.56. The molecule has 2 aromatic rings. The third-order valence-electron chi connectivity index (χ3n) is 2.30. The summed E-state index contributed by atoms with van der Waals surface area (Å²) < 4.78 is 13.9. The van der Waals surface area contributed by atoms with Crippen LogP contribution in [0.2, 0.25) is 0 Å². The molecule has 0 radical (unpaired) electrons. The molecule has 3 nitrogen and oxygen atoms in total. The molecule has 0 aliphatic heterocycles. The molecular weight excluding hydrogens is 319 g/mol. The Hall–Kier alpha value is -1.40. The van der Waals surface area contributed by atoms with Gasteiger partial charge in [-0.3, -0.25) is 4.79 Å². The van der Waals surface area contributed by atoms with Crippen LogP contribution in [-0.4, -0.2) is 5.91 Å². The Bertz CT molecular complexity index is 585. The Kier molecular flexibility index (Phi) is 3.98. The smallest absolute Gasteiger partial charge is 0.251 e. The number of nitrogen functional groups attached to an aromatic ring is 1. The molecule has 18 heavy (non-hydrogen) atoms. The number of thiophene rings is 1. The quantitative estimate of drug-likeness (QED) is 0.850. The second-order valence-corrected chi connectivity index (χ2v) is 5.56. The summed E-state index contributed by atoms with van der Waals surface area (Å²) >= 11 is 4.89. The van der Waals surface area contributed by atoms with Crippen LogP contribution in [0.3, 0.4) is 0 Å². The number of hydrogen-bond donors (Lipinski definition) is 2. The largest absolute Gasteiger partial charge is 0.396 e. The lowest BCUT2D eigenvalue weighted by molar-refractivity contribution is 0.0951. The van der Waals surface area contributed by atoms with Crippen LogP contribution in [0.4, 0.5) is 10.1 Å². The molecule has 1 aromatic heterocycles. The first-order valence-corrected chi connectivity index (χ1v) is 6.79.